The molecule has 0 bridgehead atoms. The summed E-state index contributed by atoms with van der Waals surface area (Å²) >= 11 is 0. The van der Waals surface area contributed by atoms with E-state index in [4.69, 9.17) is 14.2 Å². The van der Waals surface area contributed by atoms with Crippen LogP contribution in [0.1, 0.15) is 11.1 Å². The Morgan fingerprint density at radius 2 is 1.65 bits per heavy atom. The van der Waals surface area contributed by atoms with Gasteiger partial charge in [0.25, 0.3) is 0 Å². The molecule has 2 aromatic rings. The molecule has 0 N–H and O–H groups in total. The highest BCUT2D eigenvalue weighted by molar-refractivity contribution is 5.72. The van der Waals surface area contributed by atoms with Crippen LogP contribution in [-0.4, -0.2) is 21.0 Å². The summed E-state index contributed by atoms with van der Waals surface area (Å²) in [6.07, 6.45) is 4.07. The Morgan fingerprint density at radius 1 is 0.900 bits per heavy atom. The van der Waals surface area contributed by atoms with Gasteiger partial charge in [0.15, 0.2) is 6.79 Å². The van der Waals surface area contributed by atoms with E-state index in [2.05, 4.69) is 0 Å². The van der Waals surface area contributed by atoms with Crippen molar-refractivity contribution in [1.82, 2.24) is 0 Å². The van der Waals surface area contributed by atoms with Gasteiger partial charge in [0, 0.05) is 12.7 Å². The molecule has 0 unspecified atom stereocenters. The van der Waals surface area contributed by atoms with E-state index in [-0.39, 0.29) is 6.79 Å². The summed E-state index contributed by atoms with van der Waals surface area (Å²) in [5.41, 5.74) is 2.15. The van der Waals surface area contributed by atoms with Crippen LogP contribution in [0, 0.1) is 0 Å². The molecule has 0 aromatic heterocycles. The SMILES string of the molecule is COCOc1ccc(/C=C/c2ccccc2OC)cc1. The van der Waals surface area contributed by atoms with Gasteiger partial charge in [-0.15, -0.1) is 0 Å². The highest BCUT2D eigenvalue weighted by Crippen LogP contribution is 2.20. The van der Waals surface area contributed by atoms with Gasteiger partial charge in [-0.3, -0.25) is 0 Å². The maximum atomic E-state index is 5.34. The highest BCUT2D eigenvalue weighted by Gasteiger charge is 1.97. The second kappa shape index (κ2) is 7.36. The zero-order valence-electron chi connectivity index (χ0n) is 11.7. The van der Waals surface area contributed by atoms with Crippen molar-refractivity contribution in [2.45, 2.75) is 0 Å². The molecule has 0 amide bonds. The Kier molecular flexibility index (Phi) is 5.21. The van der Waals surface area contributed by atoms with E-state index in [9.17, 15) is 0 Å². The van der Waals surface area contributed by atoms with Gasteiger partial charge in [-0.25, -0.2) is 0 Å². The second-order valence-electron chi connectivity index (χ2n) is 4.20. The molecule has 0 saturated heterocycles. The van der Waals surface area contributed by atoms with E-state index < -0.39 is 0 Å². The van der Waals surface area contributed by atoms with E-state index in [1.165, 1.54) is 0 Å². The maximum absolute atomic E-state index is 5.34. The van der Waals surface area contributed by atoms with E-state index in [1.807, 2.05) is 60.7 Å². The first-order valence-electron chi connectivity index (χ1n) is 6.36. The Hall–Kier alpha value is -2.26. The van der Waals surface area contributed by atoms with Gasteiger partial charge in [-0.1, -0.05) is 42.5 Å². The molecule has 0 radical (unpaired) electrons. The number of hydrogen-bond acceptors (Lipinski definition) is 3. The summed E-state index contributed by atoms with van der Waals surface area (Å²) in [6, 6.07) is 15.7. The summed E-state index contributed by atoms with van der Waals surface area (Å²) in [7, 11) is 3.28. The average Bonchev–Trinajstić information content (AvgIpc) is 2.52. The molecule has 3 heteroatoms. The number of hydrogen-bond donors (Lipinski definition) is 0. The van der Waals surface area contributed by atoms with Gasteiger partial charge in [-0.2, -0.15) is 0 Å². The number of rotatable bonds is 6. The molecule has 0 atom stereocenters. The molecule has 2 aromatic carbocycles. The predicted molar refractivity (Wildman–Crippen MR) is 80.9 cm³/mol. The van der Waals surface area contributed by atoms with Gasteiger partial charge in [0.05, 0.1) is 7.11 Å². The van der Waals surface area contributed by atoms with Crippen LogP contribution in [0.4, 0.5) is 0 Å². The Morgan fingerprint density at radius 3 is 2.35 bits per heavy atom. The Bertz CT molecular complexity index is 559. The lowest BCUT2D eigenvalue weighted by atomic mass is 10.1. The maximum Gasteiger partial charge on any atom is 0.188 e. The van der Waals surface area contributed by atoms with Crippen molar-refractivity contribution in [3.63, 3.8) is 0 Å². The van der Waals surface area contributed by atoms with Crippen LogP contribution in [0.3, 0.4) is 0 Å². The molecule has 20 heavy (non-hydrogen) atoms. The first kappa shape index (κ1) is 14.2. The fourth-order valence-corrected chi connectivity index (χ4v) is 1.79. The molecule has 0 aliphatic heterocycles. The lowest BCUT2D eigenvalue weighted by Gasteiger charge is -2.05. The van der Waals surface area contributed by atoms with Crippen LogP contribution in [0.15, 0.2) is 48.5 Å². The van der Waals surface area contributed by atoms with Crippen LogP contribution in [0.25, 0.3) is 12.2 Å². The van der Waals surface area contributed by atoms with Crippen LogP contribution in [0.2, 0.25) is 0 Å². The number of ether oxygens (including phenoxy) is 3. The summed E-state index contributed by atoms with van der Waals surface area (Å²) in [4.78, 5) is 0. The van der Waals surface area contributed by atoms with Crippen LogP contribution < -0.4 is 9.47 Å². The first-order chi connectivity index (χ1) is 9.83. The third-order valence-electron chi connectivity index (χ3n) is 2.82. The van der Waals surface area contributed by atoms with Crippen molar-refractivity contribution in [3.05, 3.63) is 59.7 Å². The minimum absolute atomic E-state index is 0.260. The Balaban J connectivity index is 2.07. The first-order valence-corrected chi connectivity index (χ1v) is 6.36. The summed E-state index contributed by atoms with van der Waals surface area (Å²) < 4.78 is 15.5. The van der Waals surface area contributed by atoms with Crippen LogP contribution in [-0.2, 0) is 4.74 Å². The third kappa shape index (κ3) is 3.87. The zero-order chi connectivity index (χ0) is 14.2. The molecule has 2 rings (SSSR count). The van der Waals surface area contributed by atoms with Crippen molar-refractivity contribution < 1.29 is 14.2 Å². The molecule has 0 aliphatic carbocycles. The minimum Gasteiger partial charge on any atom is -0.496 e. The van der Waals surface area contributed by atoms with Gasteiger partial charge in [0.1, 0.15) is 11.5 Å². The monoisotopic (exact) mass is 270 g/mol. The highest BCUT2D eigenvalue weighted by atomic mass is 16.7. The minimum atomic E-state index is 0.260. The van der Waals surface area contributed by atoms with E-state index in [1.54, 1.807) is 14.2 Å². The summed E-state index contributed by atoms with van der Waals surface area (Å²) in [6.45, 7) is 0.260. The molecular formula is C17H18O3. The van der Waals surface area contributed by atoms with E-state index in [0.717, 1.165) is 22.6 Å². The third-order valence-corrected chi connectivity index (χ3v) is 2.82. The van der Waals surface area contributed by atoms with Crippen molar-refractivity contribution >= 4 is 12.2 Å². The van der Waals surface area contributed by atoms with Crippen LogP contribution >= 0.6 is 0 Å². The van der Waals surface area contributed by atoms with Gasteiger partial charge >= 0.3 is 0 Å². The van der Waals surface area contributed by atoms with Crippen molar-refractivity contribution in [2.24, 2.45) is 0 Å². The second-order valence-corrected chi connectivity index (χ2v) is 4.20. The molecule has 104 valence electrons. The standard InChI is InChI=1S/C17H18O3/c1-18-13-20-16-11-8-14(9-12-16)7-10-15-5-3-4-6-17(15)19-2/h3-12H,13H2,1-2H3/b10-7+. The largest absolute Gasteiger partial charge is 0.496 e. The lowest BCUT2D eigenvalue weighted by molar-refractivity contribution is 0.0511. The number of benzene rings is 2. The fraction of sp³-hybridized carbons (Fsp3) is 0.176. The molecule has 0 aliphatic rings. The quantitative estimate of drug-likeness (QED) is 0.589. The molecule has 3 nitrogen and oxygen atoms in total. The number of para-hydroxylation sites is 1. The molecule has 0 saturated carbocycles. The molecular weight excluding hydrogens is 252 g/mol. The van der Waals surface area contributed by atoms with Crippen molar-refractivity contribution in [1.29, 1.82) is 0 Å². The zero-order valence-corrected chi connectivity index (χ0v) is 11.7. The molecule has 0 fully saturated rings. The van der Waals surface area contributed by atoms with Crippen molar-refractivity contribution in [2.75, 3.05) is 21.0 Å². The van der Waals surface area contributed by atoms with Gasteiger partial charge < -0.3 is 14.2 Å². The lowest BCUT2D eigenvalue weighted by Crippen LogP contribution is -1.98. The normalized spacial score (nSPS) is 10.7. The van der Waals surface area contributed by atoms with Gasteiger partial charge in [0.2, 0.25) is 0 Å². The number of methoxy groups -OCH3 is 2. The molecule has 0 heterocycles. The van der Waals surface area contributed by atoms with E-state index in [0.29, 0.717) is 0 Å². The smallest absolute Gasteiger partial charge is 0.188 e. The van der Waals surface area contributed by atoms with E-state index >= 15 is 0 Å². The van der Waals surface area contributed by atoms with Crippen LogP contribution in [0.5, 0.6) is 11.5 Å². The topological polar surface area (TPSA) is 27.7 Å². The summed E-state index contributed by atoms with van der Waals surface area (Å²) in [5.74, 6) is 1.66. The molecule has 0 spiro atoms. The predicted octanol–water partition coefficient (Wildman–Crippen LogP) is 3.85. The van der Waals surface area contributed by atoms with Crippen molar-refractivity contribution in [3.8, 4) is 11.5 Å². The fourth-order valence-electron chi connectivity index (χ4n) is 1.79. The van der Waals surface area contributed by atoms with Gasteiger partial charge in [-0.05, 0) is 23.8 Å². The average molecular weight is 270 g/mol. The summed E-state index contributed by atoms with van der Waals surface area (Å²) in [5, 5.41) is 0. The Labute approximate surface area is 119 Å².